The summed E-state index contributed by atoms with van der Waals surface area (Å²) in [6, 6.07) is 4.71. The van der Waals surface area contributed by atoms with Gasteiger partial charge in [0.05, 0.1) is 17.0 Å². The van der Waals surface area contributed by atoms with Crippen molar-refractivity contribution in [3.05, 3.63) is 45.9 Å². The van der Waals surface area contributed by atoms with Crippen molar-refractivity contribution in [2.24, 2.45) is 0 Å². The highest BCUT2D eigenvalue weighted by atomic mass is 19.1. The van der Waals surface area contributed by atoms with Gasteiger partial charge in [-0.2, -0.15) is 0 Å². The van der Waals surface area contributed by atoms with Crippen molar-refractivity contribution in [3.63, 3.8) is 0 Å². The van der Waals surface area contributed by atoms with Gasteiger partial charge in [0.15, 0.2) is 5.69 Å². The topological polar surface area (TPSA) is 72.4 Å². The monoisotopic (exact) mass is 300 g/mol. The maximum absolute atomic E-state index is 13.3. The van der Waals surface area contributed by atoms with Crippen LogP contribution in [0.3, 0.4) is 0 Å². The van der Waals surface area contributed by atoms with Crippen molar-refractivity contribution >= 4 is 28.0 Å². The lowest BCUT2D eigenvalue weighted by atomic mass is 10.1. The number of hydrogen-bond acceptors (Lipinski definition) is 4. The van der Waals surface area contributed by atoms with E-state index in [1.54, 1.807) is 18.2 Å². The van der Waals surface area contributed by atoms with Crippen LogP contribution in [-0.4, -0.2) is 22.1 Å². The standard InChI is InChI=1S/C15H13FN4O2/c1-17-10-4-5-13-12(7-10)15(14(8-18-13)20(21)22)19-11-3-2-9(16)6-11/h4-5,7-9,11H,2-3,6H2,(H,18,19)/t9-,11+/m1/s1. The molecule has 0 radical (unpaired) electrons. The van der Waals surface area contributed by atoms with E-state index in [1.165, 1.54) is 6.20 Å². The van der Waals surface area contributed by atoms with Crippen LogP contribution in [0.1, 0.15) is 19.3 Å². The van der Waals surface area contributed by atoms with E-state index >= 15 is 0 Å². The van der Waals surface area contributed by atoms with E-state index in [0.29, 0.717) is 41.5 Å². The van der Waals surface area contributed by atoms with Crippen LogP contribution >= 0.6 is 0 Å². The lowest BCUT2D eigenvalue weighted by Crippen LogP contribution is -2.17. The Balaban J connectivity index is 2.12. The fourth-order valence-corrected chi connectivity index (χ4v) is 2.79. The van der Waals surface area contributed by atoms with Gasteiger partial charge >= 0.3 is 5.69 Å². The van der Waals surface area contributed by atoms with Crippen molar-refractivity contribution in [2.45, 2.75) is 31.5 Å². The summed E-state index contributed by atoms with van der Waals surface area (Å²) in [4.78, 5) is 18.2. The molecule has 6 nitrogen and oxygen atoms in total. The Morgan fingerprint density at radius 1 is 1.45 bits per heavy atom. The van der Waals surface area contributed by atoms with Gasteiger partial charge in [0, 0.05) is 11.4 Å². The Morgan fingerprint density at radius 3 is 2.91 bits per heavy atom. The number of benzene rings is 1. The van der Waals surface area contributed by atoms with Crippen molar-refractivity contribution in [1.82, 2.24) is 4.98 Å². The van der Waals surface area contributed by atoms with Crippen LogP contribution in [0.15, 0.2) is 24.4 Å². The van der Waals surface area contributed by atoms with E-state index in [9.17, 15) is 14.5 Å². The molecule has 0 spiro atoms. The maximum atomic E-state index is 13.3. The summed E-state index contributed by atoms with van der Waals surface area (Å²) in [6.45, 7) is 7.08. The van der Waals surface area contributed by atoms with Gasteiger partial charge in [-0.25, -0.2) is 14.2 Å². The number of anilines is 1. The SMILES string of the molecule is [C-]#[N+]c1ccc2ncc([N+](=O)[O-])c(N[C@H]3CC[C@@H](F)C3)c2c1. The van der Waals surface area contributed by atoms with Gasteiger partial charge in [-0.15, -0.1) is 0 Å². The highest BCUT2D eigenvalue weighted by molar-refractivity contribution is 5.97. The van der Waals surface area contributed by atoms with E-state index in [1.807, 2.05) is 0 Å². The van der Waals surface area contributed by atoms with E-state index in [4.69, 9.17) is 6.57 Å². The Morgan fingerprint density at radius 2 is 2.27 bits per heavy atom. The second kappa shape index (κ2) is 5.56. The Hall–Kier alpha value is -2.75. The summed E-state index contributed by atoms with van der Waals surface area (Å²) < 4.78 is 13.3. The second-order valence-electron chi connectivity index (χ2n) is 5.34. The minimum absolute atomic E-state index is 0.143. The molecule has 0 amide bonds. The third-order valence-electron chi connectivity index (χ3n) is 3.87. The van der Waals surface area contributed by atoms with Crippen LogP contribution in [0, 0.1) is 16.7 Å². The van der Waals surface area contributed by atoms with Gasteiger partial charge in [0.1, 0.15) is 18.1 Å². The summed E-state index contributed by atoms with van der Waals surface area (Å²) in [5.74, 6) is 0. The molecule has 2 aromatic rings. The fraction of sp³-hybridized carbons (Fsp3) is 0.333. The molecule has 1 heterocycles. The number of nitro groups is 1. The first kappa shape index (κ1) is 14.2. The molecule has 0 bridgehead atoms. The highest BCUT2D eigenvalue weighted by Crippen LogP contribution is 2.36. The van der Waals surface area contributed by atoms with Crippen molar-refractivity contribution in [1.29, 1.82) is 0 Å². The molecule has 1 aliphatic rings. The third-order valence-corrected chi connectivity index (χ3v) is 3.87. The average molecular weight is 300 g/mol. The number of nitrogens with zero attached hydrogens (tertiary/aromatic N) is 3. The van der Waals surface area contributed by atoms with Gasteiger partial charge < -0.3 is 5.32 Å². The molecule has 1 aromatic carbocycles. The number of alkyl halides is 1. The average Bonchev–Trinajstić information content (AvgIpc) is 2.92. The maximum Gasteiger partial charge on any atom is 0.311 e. The third kappa shape index (κ3) is 2.55. The highest BCUT2D eigenvalue weighted by Gasteiger charge is 2.27. The molecule has 112 valence electrons. The van der Waals surface area contributed by atoms with Crippen LogP contribution < -0.4 is 5.32 Å². The zero-order valence-electron chi connectivity index (χ0n) is 11.6. The van der Waals surface area contributed by atoms with Crippen LogP contribution in [0.25, 0.3) is 15.7 Å². The van der Waals surface area contributed by atoms with Crippen LogP contribution in [0.2, 0.25) is 0 Å². The number of fused-ring (bicyclic) bond motifs is 1. The summed E-state index contributed by atoms with van der Waals surface area (Å²) in [6.07, 6.45) is 1.75. The molecule has 1 saturated carbocycles. The molecular weight excluding hydrogens is 287 g/mol. The van der Waals surface area contributed by atoms with E-state index in [2.05, 4.69) is 15.1 Å². The second-order valence-corrected chi connectivity index (χ2v) is 5.34. The number of rotatable bonds is 3. The molecule has 3 rings (SSSR count). The molecule has 0 unspecified atom stereocenters. The molecule has 1 N–H and O–H groups in total. The Kier molecular flexibility index (Phi) is 3.59. The molecule has 0 aliphatic heterocycles. The Labute approximate surface area is 125 Å². The largest absolute Gasteiger partial charge is 0.376 e. The minimum atomic E-state index is -0.872. The first-order valence-electron chi connectivity index (χ1n) is 6.93. The zero-order chi connectivity index (χ0) is 15.7. The summed E-state index contributed by atoms with van der Waals surface area (Å²) >= 11 is 0. The summed E-state index contributed by atoms with van der Waals surface area (Å²) in [7, 11) is 0. The molecule has 1 aliphatic carbocycles. The lowest BCUT2D eigenvalue weighted by molar-refractivity contribution is -0.384. The van der Waals surface area contributed by atoms with Crippen LogP contribution in [-0.2, 0) is 0 Å². The van der Waals surface area contributed by atoms with Crippen LogP contribution in [0.4, 0.5) is 21.5 Å². The zero-order valence-corrected chi connectivity index (χ0v) is 11.6. The molecule has 7 heteroatoms. The van der Waals surface area contributed by atoms with Gasteiger partial charge in [0.25, 0.3) is 0 Å². The Bertz CT molecular complexity index is 787. The van der Waals surface area contributed by atoms with Gasteiger partial charge in [0.2, 0.25) is 0 Å². The minimum Gasteiger partial charge on any atom is -0.376 e. The van der Waals surface area contributed by atoms with Gasteiger partial charge in [-0.05, 0) is 31.4 Å². The number of nitrogens with one attached hydrogen (secondary N) is 1. The number of halogens is 1. The normalized spacial score (nSPS) is 20.7. The smallest absolute Gasteiger partial charge is 0.311 e. The fourth-order valence-electron chi connectivity index (χ4n) is 2.79. The first-order chi connectivity index (χ1) is 10.6. The predicted octanol–water partition coefficient (Wildman–Crippen LogP) is 4.00. The summed E-state index contributed by atoms with van der Waals surface area (Å²) in [5.41, 5.74) is 1.11. The number of hydrogen-bond donors (Lipinski definition) is 1. The summed E-state index contributed by atoms with van der Waals surface area (Å²) in [5, 5.41) is 14.9. The quantitative estimate of drug-likeness (QED) is 0.528. The molecule has 1 aromatic heterocycles. The molecular formula is C15H13FN4O2. The van der Waals surface area contributed by atoms with E-state index < -0.39 is 11.1 Å². The van der Waals surface area contributed by atoms with Crippen LogP contribution in [0.5, 0.6) is 0 Å². The number of pyridine rings is 1. The molecule has 22 heavy (non-hydrogen) atoms. The van der Waals surface area contributed by atoms with Crippen molar-refractivity contribution in [2.75, 3.05) is 5.32 Å². The van der Waals surface area contributed by atoms with E-state index in [-0.39, 0.29) is 11.7 Å². The molecule has 2 atom stereocenters. The van der Waals surface area contributed by atoms with Crippen molar-refractivity contribution in [3.8, 4) is 0 Å². The lowest BCUT2D eigenvalue weighted by Gasteiger charge is -2.15. The number of aromatic nitrogens is 1. The van der Waals surface area contributed by atoms with Crippen molar-refractivity contribution < 1.29 is 9.31 Å². The first-order valence-corrected chi connectivity index (χ1v) is 6.93. The van der Waals surface area contributed by atoms with E-state index in [0.717, 1.165) is 0 Å². The molecule has 0 saturated heterocycles. The van der Waals surface area contributed by atoms with Gasteiger partial charge in [-0.3, -0.25) is 10.1 Å². The predicted molar refractivity (Wildman–Crippen MR) is 80.8 cm³/mol. The van der Waals surface area contributed by atoms with Gasteiger partial charge in [-0.1, -0.05) is 6.07 Å². The molecule has 1 fully saturated rings.